The number of aliphatic hydroxyl groups is 2. The van der Waals surface area contributed by atoms with Gasteiger partial charge in [-0.15, -0.1) is 0 Å². The van der Waals surface area contributed by atoms with Gasteiger partial charge in [0.2, 0.25) is 0 Å². The van der Waals surface area contributed by atoms with Crippen molar-refractivity contribution in [1.29, 1.82) is 0 Å². The quantitative estimate of drug-likeness (QED) is 0.379. The predicted molar refractivity (Wildman–Crippen MR) is 110 cm³/mol. The third kappa shape index (κ3) is 8.91. The van der Waals surface area contributed by atoms with E-state index in [0.29, 0.717) is 24.1 Å². The lowest BCUT2D eigenvalue weighted by Gasteiger charge is -2.19. The molecular weight excluding hydrogens is 457 g/mol. The van der Waals surface area contributed by atoms with E-state index >= 15 is 0 Å². The number of hydrogen-bond donors (Lipinski definition) is 5. The summed E-state index contributed by atoms with van der Waals surface area (Å²) in [7, 11) is 0. The molecule has 0 amide bonds. The van der Waals surface area contributed by atoms with Gasteiger partial charge in [-0.1, -0.05) is 37.6 Å². The first kappa shape index (κ1) is 28.1. The average Bonchev–Trinajstić information content (AvgIpc) is 3.13. The molecule has 1 aromatic carbocycles. The number of rotatable bonds is 8. The second-order valence-corrected chi connectivity index (χ2v) is 8.24. The van der Waals surface area contributed by atoms with Crippen molar-refractivity contribution in [3.05, 3.63) is 34.3 Å². The lowest BCUT2D eigenvalue weighted by Crippen LogP contribution is -2.39. The van der Waals surface area contributed by atoms with Crippen LogP contribution in [0, 0.1) is 5.92 Å². The Labute approximate surface area is 188 Å². The molecule has 0 aromatic heterocycles. The van der Waals surface area contributed by atoms with Crippen LogP contribution in [0.4, 0.5) is 13.2 Å². The third-order valence-corrected chi connectivity index (χ3v) is 5.12. The monoisotopic (exact) mass is 484 g/mol. The van der Waals surface area contributed by atoms with Crippen LogP contribution in [-0.2, 0) is 22.3 Å². The van der Waals surface area contributed by atoms with Gasteiger partial charge in [0.25, 0.3) is 0 Å². The summed E-state index contributed by atoms with van der Waals surface area (Å²) in [5.41, 5.74) is -0.207. The number of carbonyl (C=O) groups is 2. The molecule has 1 heterocycles. The smallest absolute Gasteiger partial charge is 0.417 e. The Morgan fingerprint density at radius 1 is 1.19 bits per heavy atom. The minimum Gasteiger partial charge on any atom is -0.479 e. The Kier molecular flexibility index (Phi) is 10.9. The standard InChI is InChI=1S/C16H22ClF3N2.C4H6O6/c1-11(2)8-21-13-6-7-22(10-13)9-12-4-3-5-14(15(12)17)16(18,19)20;5-1(3(7)8)2(6)4(9)10/h3-5,11,13,21H,6-10H2,1-2H3;1-2,5-6H,(H,7,8)(H,9,10). The Bertz CT molecular complexity index is 760. The zero-order valence-electron chi connectivity index (χ0n) is 17.6. The summed E-state index contributed by atoms with van der Waals surface area (Å²) in [5.74, 6) is -2.95. The van der Waals surface area contributed by atoms with Crippen LogP contribution in [0.1, 0.15) is 31.4 Å². The van der Waals surface area contributed by atoms with Gasteiger partial charge in [0.1, 0.15) is 0 Å². The highest BCUT2D eigenvalue weighted by Gasteiger charge is 2.34. The summed E-state index contributed by atoms with van der Waals surface area (Å²) in [6.45, 7) is 7.46. The van der Waals surface area contributed by atoms with Gasteiger partial charge in [0, 0.05) is 25.7 Å². The number of carboxylic acid groups (broad SMARTS) is 2. The molecule has 0 spiro atoms. The summed E-state index contributed by atoms with van der Waals surface area (Å²) in [5, 5.41) is 35.8. The van der Waals surface area contributed by atoms with Crippen molar-refractivity contribution in [2.75, 3.05) is 19.6 Å². The molecule has 5 N–H and O–H groups in total. The number of alkyl halides is 3. The summed E-state index contributed by atoms with van der Waals surface area (Å²) < 4.78 is 38.6. The maximum absolute atomic E-state index is 12.9. The number of halogens is 4. The van der Waals surface area contributed by atoms with Crippen LogP contribution in [0.2, 0.25) is 5.02 Å². The summed E-state index contributed by atoms with van der Waals surface area (Å²) >= 11 is 5.95. The van der Waals surface area contributed by atoms with E-state index in [2.05, 4.69) is 24.1 Å². The molecule has 12 heteroatoms. The van der Waals surface area contributed by atoms with Gasteiger partial charge in [-0.25, -0.2) is 9.59 Å². The fourth-order valence-electron chi connectivity index (χ4n) is 2.98. The first-order valence-electron chi connectivity index (χ1n) is 9.86. The van der Waals surface area contributed by atoms with Gasteiger partial charge in [-0.3, -0.25) is 4.90 Å². The molecule has 8 nitrogen and oxygen atoms in total. The topological polar surface area (TPSA) is 130 Å². The summed E-state index contributed by atoms with van der Waals surface area (Å²) in [4.78, 5) is 21.7. The lowest BCUT2D eigenvalue weighted by molar-refractivity contribution is -0.165. The normalized spacial score (nSPS) is 18.7. The molecule has 32 heavy (non-hydrogen) atoms. The molecule has 3 unspecified atom stereocenters. The molecule has 3 atom stereocenters. The van der Waals surface area contributed by atoms with E-state index in [-0.39, 0.29) is 5.02 Å². The van der Waals surface area contributed by atoms with Crippen molar-refractivity contribution in [2.45, 2.75) is 51.2 Å². The Hall–Kier alpha value is -1.92. The van der Waals surface area contributed by atoms with Crippen molar-refractivity contribution < 1.29 is 43.2 Å². The molecule has 1 aliphatic rings. The SMILES string of the molecule is CC(C)CNC1CCN(Cc2cccc(C(F)(F)F)c2Cl)C1.O=C(O)C(O)C(O)C(=O)O. The lowest BCUT2D eigenvalue weighted by atomic mass is 10.1. The number of hydrogen-bond acceptors (Lipinski definition) is 6. The molecule has 0 radical (unpaired) electrons. The van der Waals surface area contributed by atoms with Crippen molar-refractivity contribution >= 4 is 23.5 Å². The van der Waals surface area contributed by atoms with E-state index in [1.54, 1.807) is 6.07 Å². The molecule has 0 aliphatic carbocycles. The minimum atomic E-state index is -4.40. The molecule has 1 aliphatic heterocycles. The van der Waals surface area contributed by atoms with Crippen molar-refractivity contribution in [2.24, 2.45) is 5.92 Å². The maximum Gasteiger partial charge on any atom is 0.417 e. The average molecular weight is 485 g/mol. The highest BCUT2D eigenvalue weighted by Crippen LogP contribution is 2.36. The van der Waals surface area contributed by atoms with Gasteiger partial charge in [0.05, 0.1) is 10.6 Å². The third-order valence-electron chi connectivity index (χ3n) is 4.67. The molecule has 2 rings (SSSR count). The van der Waals surface area contributed by atoms with Crippen LogP contribution >= 0.6 is 11.6 Å². The van der Waals surface area contributed by atoms with E-state index in [9.17, 15) is 22.8 Å². The first-order valence-corrected chi connectivity index (χ1v) is 10.2. The number of carboxylic acids is 2. The van der Waals surface area contributed by atoms with Gasteiger partial charge >= 0.3 is 18.1 Å². The largest absolute Gasteiger partial charge is 0.479 e. The van der Waals surface area contributed by atoms with Crippen LogP contribution in [0.15, 0.2) is 18.2 Å². The number of nitrogens with zero attached hydrogens (tertiary/aromatic N) is 1. The molecule has 0 saturated carbocycles. The number of benzene rings is 1. The molecule has 0 bridgehead atoms. The molecule has 1 aromatic rings. The van der Waals surface area contributed by atoms with Crippen LogP contribution in [0.25, 0.3) is 0 Å². The summed E-state index contributed by atoms with van der Waals surface area (Å²) in [6, 6.07) is 4.54. The highest BCUT2D eigenvalue weighted by atomic mass is 35.5. The summed E-state index contributed by atoms with van der Waals surface area (Å²) in [6.07, 6.45) is -7.92. The van der Waals surface area contributed by atoms with Gasteiger partial charge < -0.3 is 25.7 Å². The van der Waals surface area contributed by atoms with E-state index in [1.165, 1.54) is 6.07 Å². The molecule has 1 saturated heterocycles. The fraction of sp³-hybridized carbons (Fsp3) is 0.600. The van der Waals surface area contributed by atoms with Gasteiger partial charge in [0.15, 0.2) is 12.2 Å². The molecule has 182 valence electrons. The Balaban J connectivity index is 0.000000433. The molecular formula is C20H28ClF3N2O6. The van der Waals surface area contributed by atoms with Crippen LogP contribution in [0.3, 0.4) is 0 Å². The maximum atomic E-state index is 12.9. The van der Waals surface area contributed by atoms with E-state index in [0.717, 1.165) is 32.1 Å². The van der Waals surface area contributed by atoms with E-state index < -0.39 is 35.9 Å². The minimum absolute atomic E-state index is 0.173. The van der Waals surface area contributed by atoms with E-state index in [1.807, 2.05) is 0 Å². The molecule has 1 fully saturated rings. The van der Waals surface area contributed by atoms with Crippen molar-refractivity contribution in [1.82, 2.24) is 10.2 Å². The number of aliphatic hydroxyl groups excluding tert-OH is 2. The fourth-order valence-corrected chi connectivity index (χ4v) is 3.27. The predicted octanol–water partition coefficient (Wildman–Crippen LogP) is 2.06. The first-order chi connectivity index (χ1) is 14.7. The van der Waals surface area contributed by atoms with Gasteiger partial charge in [-0.05, 0) is 30.5 Å². The number of aliphatic carboxylic acids is 2. The zero-order valence-corrected chi connectivity index (χ0v) is 18.4. The second kappa shape index (κ2) is 12.4. The number of nitrogens with one attached hydrogen (secondary N) is 1. The number of likely N-dealkylation sites (tertiary alicyclic amines) is 1. The Morgan fingerprint density at radius 3 is 2.22 bits per heavy atom. The van der Waals surface area contributed by atoms with Gasteiger partial charge in [-0.2, -0.15) is 13.2 Å². The van der Waals surface area contributed by atoms with Crippen molar-refractivity contribution in [3.63, 3.8) is 0 Å². The highest BCUT2D eigenvalue weighted by molar-refractivity contribution is 6.32. The van der Waals surface area contributed by atoms with Crippen LogP contribution < -0.4 is 5.32 Å². The Morgan fingerprint density at radius 2 is 1.75 bits per heavy atom. The van der Waals surface area contributed by atoms with Crippen molar-refractivity contribution in [3.8, 4) is 0 Å². The second-order valence-electron chi connectivity index (χ2n) is 7.87. The van der Waals surface area contributed by atoms with Crippen LogP contribution in [-0.4, -0.2) is 75.1 Å². The zero-order chi connectivity index (χ0) is 24.6. The van der Waals surface area contributed by atoms with Crippen LogP contribution in [0.5, 0.6) is 0 Å². The van der Waals surface area contributed by atoms with E-state index in [4.69, 9.17) is 32.0 Å².